The van der Waals surface area contributed by atoms with Gasteiger partial charge in [0, 0.05) is 6.54 Å². The molecule has 68 heavy (non-hydrogen) atoms. The highest BCUT2D eigenvalue weighted by atomic mass is 16.6. The molecule has 1 saturated heterocycles. The number of aliphatic hydroxyl groups excluding tert-OH is 1. The third kappa shape index (κ3) is 8.37. The zero-order valence-corrected chi connectivity index (χ0v) is 37.8. The second-order valence-corrected chi connectivity index (χ2v) is 16.8. The van der Waals surface area contributed by atoms with Crippen molar-refractivity contribution in [2.75, 3.05) is 26.1 Å². The van der Waals surface area contributed by atoms with Gasteiger partial charge in [0.2, 0.25) is 0 Å². The Kier molecular flexibility index (Phi) is 12.8. The zero-order valence-electron chi connectivity index (χ0n) is 37.8. The molecule has 1 aliphatic rings. The van der Waals surface area contributed by atoms with Crippen LogP contribution in [0.15, 0.2) is 213 Å². The molecule has 1 fully saturated rings. The molecule has 10 rings (SSSR count). The van der Waals surface area contributed by atoms with Gasteiger partial charge in [-0.3, -0.25) is 4.57 Å². The Morgan fingerprint density at radius 1 is 0.574 bits per heavy atom. The van der Waals surface area contributed by atoms with E-state index in [4.69, 9.17) is 33.9 Å². The molecule has 0 unspecified atom stereocenters. The average Bonchev–Trinajstić information content (AvgIpc) is 3.99. The van der Waals surface area contributed by atoms with Gasteiger partial charge in [-0.1, -0.05) is 176 Å². The number of anilines is 1. The van der Waals surface area contributed by atoms with Gasteiger partial charge in [0.25, 0.3) is 0 Å². The number of nitrogens with zero attached hydrogens (tertiary/aromatic N) is 4. The number of fused-ring (bicyclic) bond motifs is 1. The molecule has 3 heterocycles. The number of aliphatic hydroxyl groups is 1. The summed E-state index contributed by atoms with van der Waals surface area (Å²) in [6.07, 6.45) is 0.605. The summed E-state index contributed by atoms with van der Waals surface area (Å²) in [6.45, 7) is 0.590. The Hall–Kier alpha value is -7.67. The first kappa shape index (κ1) is 44.2. The van der Waals surface area contributed by atoms with Crippen molar-refractivity contribution in [2.45, 2.75) is 42.2 Å². The highest BCUT2D eigenvalue weighted by Gasteiger charge is 2.48. The van der Waals surface area contributed by atoms with Crippen molar-refractivity contribution in [1.29, 1.82) is 0 Å². The molecule has 0 aliphatic carbocycles. The molecule has 4 atom stereocenters. The van der Waals surface area contributed by atoms with Crippen LogP contribution < -0.4 is 20.1 Å². The molecule has 9 aromatic rings. The van der Waals surface area contributed by atoms with E-state index in [0.29, 0.717) is 23.5 Å². The molecule has 0 radical (unpaired) electrons. The Balaban J connectivity index is 1.04. The molecule has 0 spiro atoms. The van der Waals surface area contributed by atoms with E-state index in [-0.39, 0.29) is 6.61 Å². The Labute approximate surface area is 396 Å². The molecule has 2 aromatic heterocycles. The van der Waals surface area contributed by atoms with E-state index >= 15 is 0 Å². The van der Waals surface area contributed by atoms with E-state index in [0.717, 1.165) is 50.4 Å². The van der Waals surface area contributed by atoms with E-state index in [1.54, 1.807) is 25.1 Å². The molecule has 11 heteroatoms. The highest BCUT2D eigenvalue weighted by Crippen LogP contribution is 2.44. The number of hydrogen-bond acceptors (Lipinski definition) is 10. The zero-order chi connectivity index (χ0) is 46.3. The van der Waals surface area contributed by atoms with Crippen LogP contribution in [-0.2, 0) is 27.2 Å². The van der Waals surface area contributed by atoms with Crippen LogP contribution in [0.4, 0.5) is 5.82 Å². The minimum atomic E-state index is -1.06. The number of methoxy groups -OCH3 is 2. The van der Waals surface area contributed by atoms with Crippen molar-refractivity contribution in [3.8, 4) is 11.5 Å². The lowest BCUT2D eigenvalue weighted by Gasteiger charge is -2.37. The van der Waals surface area contributed by atoms with E-state index in [1.165, 1.54) is 6.33 Å². The number of benzene rings is 7. The number of rotatable bonds is 17. The first-order valence-corrected chi connectivity index (χ1v) is 22.7. The topological polar surface area (TPSA) is 125 Å². The van der Waals surface area contributed by atoms with Crippen molar-refractivity contribution >= 4 is 17.0 Å². The standard InChI is InChI=1S/C57H52N6O5/c1-65-47-32-28-43(29-33-47)56(41-20-10-4-11-21-41,42-22-12-5-13-23-42)62-53-51-54(60-38-59-53)63(39-61-51)55-52(64)50(58-36-40-18-8-3-9-19-40)49(68-55)37-67-57(44-24-14-6-15-25-44,45-26-16-7-17-27-45)46-30-34-48(66-2)35-31-46/h3-35,38-39,49-50,52,55,58,64H,36-37H2,1-2H3,(H,59,60,62)/t49-,50-,52+,55-/m1/s1. The van der Waals surface area contributed by atoms with Crippen LogP contribution in [0.25, 0.3) is 11.2 Å². The van der Waals surface area contributed by atoms with Crippen LogP contribution >= 0.6 is 0 Å². The van der Waals surface area contributed by atoms with Gasteiger partial charge in [-0.05, 0) is 63.2 Å². The summed E-state index contributed by atoms with van der Waals surface area (Å²) in [6, 6.07) is 66.5. The van der Waals surface area contributed by atoms with Gasteiger partial charge in [0.15, 0.2) is 23.2 Å². The molecular weight excluding hydrogens is 849 g/mol. The third-order valence-corrected chi connectivity index (χ3v) is 13.0. The van der Waals surface area contributed by atoms with Crippen LogP contribution in [0.5, 0.6) is 11.5 Å². The SMILES string of the molecule is COc1ccc(C(Nc2ncnc3c2ncn3[C@@H]2O[C@H](COC(c3ccccc3)(c3ccccc3)c3ccc(OC)cc3)[C@@H](NCc3ccccc3)[C@@H]2O)(c2ccccc2)c2ccccc2)cc1. The Morgan fingerprint density at radius 3 is 1.57 bits per heavy atom. The van der Waals surface area contributed by atoms with Gasteiger partial charge in [0.1, 0.15) is 41.2 Å². The fourth-order valence-corrected chi connectivity index (χ4v) is 9.57. The van der Waals surface area contributed by atoms with Gasteiger partial charge in [-0.2, -0.15) is 0 Å². The second kappa shape index (κ2) is 19.7. The van der Waals surface area contributed by atoms with E-state index < -0.39 is 35.6 Å². The molecule has 11 nitrogen and oxygen atoms in total. The summed E-state index contributed by atoms with van der Waals surface area (Å²) < 4.78 is 27.3. The molecule has 0 bridgehead atoms. The van der Waals surface area contributed by atoms with Gasteiger partial charge >= 0.3 is 0 Å². The Morgan fingerprint density at radius 2 is 1.04 bits per heavy atom. The first-order chi connectivity index (χ1) is 33.5. The average molecular weight is 901 g/mol. The van der Waals surface area contributed by atoms with Gasteiger partial charge in [-0.15, -0.1) is 0 Å². The minimum Gasteiger partial charge on any atom is -0.497 e. The quantitative estimate of drug-likeness (QED) is 0.0762. The largest absolute Gasteiger partial charge is 0.497 e. The van der Waals surface area contributed by atoms with Crippen molar-refractivity contribution in [2.24, 2.45) is 0 Å². The van der Waals surface area contributed by atoms with Crippen LogP contribution in [-0.4, -0.2) is 63.7 Å². The van der Waals surface area contributed by atoms with Gasteiger partial charge in [0.05, 0.1) is 33.2 Å². The van der Waals surface area contributed by atoms with Crippen LogP contribution in [0.1, 0.15) is 45.2 Å². The summed E-state index contributed by atoms with van der Waals surface area (Å²) in [5.41, 5.74) is 5.81. The fraction of sp³-hybridized carbons (Fsp3) is 0.175. The minimum absolute atomic E-state index is 0.1000. The summed E-state index contributed by atoms with van der Waals surface area (Å²) in [7, 11) is 3.32. The van der Waals surface area contributed by atoms with Gasteiger partial charge < -0.3 is 34.7 Å². The van der Waals surface area contributed by atoms with Crippen LogP contribution in [0.2, 0.25) is 0 Å². The lowest BCUT2D eigenvalue weighted by molar-refractivity contribution is -0.0867. The molecule has 3 N–H and O–H groups in total. The predicted molar refractivity (Wildman–Crippen MR) is 263 cm³/mol. The summed E-state index contributed by atoms with van der Waals surface area (Å²) in [5, 5.41) is 20.1. The highest BCUT2D eigenvalue weighted by molar-refractivity contribution is 5.84. The number of hydrogen-bond donors (Lipinski definition) is 3. The number of nitrogens with one attached hydrogen (secondary N) is 2. The van der Waals surface area contributed by atoms with Crippen LogP contribution in [0, 0.1) is 0 Å². The summed E-state index contributed by atoms with van der Waals surface area (Å²) in [5.74, 6) is 1.98. The van der Waals surface area contributed by atoms with Crippen LogP contribution in [0.3, 0.4) is 0 Å². The maximum absolute atomic E-state index is 12.5. The number of aromatic nitrogens is 4. The summed E-state index contributed by atoms with van der Waals surface area (Å²) >= 11 is 0. The first-order valence-electron chi connectivity index (χ1n) is 22.7. The van der Waals surface area contributed by atoms with E-state index in [2.05, 4.69) is 83.4 Å². The third-order valence-electron chi connectivity index (χ3n) is 13.0. The lowest BCUT2D eigenvalue weighted by Crippen LogP contribution is -2.47. The number of imidazole rings is 1. The predicted octanol–water partition coefficient (Wildman–Crippen LogP) is 9.67. The smallest absolute Gasteiger partial charge is 0.167 e. The molecule has 0 amide bonds. The van der Waals surface area contributed by atoms with E-state index in [9.17, 15) is 5.11 Å². The van der Waals surface area contributed by atoms with E-state index in [1.807, 2.05) is 127 Å². The normalized spacial score (nSPS) is 17.2. The lowest BCUT2D eigenvalue weighted by atomic mass is 9.77. The molecule has 340 valence electrons. The maximum Gasteiger partial charge on any atom is 0.167 e. The molecule has 7 aromatic carbocycles. The van der Waals surface area contributed by atoms with Crippen molar-refractivity contribution in [1.82, 2.24) is 24.8 Å². The maximum atomic E-state index is 12.5. The summed E-state index contributed by atoms with van der Waals surface area (Å²) in [4.78, 5) is 14.6. The van der Waals surface area contributed by atoms with Crippen molar-refractivity contribution < 1.29 is 24.1 Å². The van der Waals surface area contributed by atoms with Gasteiger partial charge in [-0.25, -0.2) is 15.0 Å². The van der Waals surface area contributed by atoms with Crippen molar-refractivity contribution in [3.63, 3.8) is 0 Å². The molecule has 1 aliphatic heterocycles. The molecule has 0 saturated carbocycles. The fourth-order valence-electron chi connectivity index (χ4n) is 9.57. The second-order valence-electron chi connectivity index (χ2n) is 16.8. The Bertz CT molecular complexity index is 2940. The number of ether oxygens (including phenoxy) is 4. The molecular formula is C57H52N6O5. The monoisotopic (exact) mass is 900 g/mol. The van der Waals surface area contributed by atoms with Crippen molar-refractivity contribution in [3.05, 3.63) is 252 Å².